The molecule has 1 amide bonds. The van der Waals surface area contributed by atoms with Gasteiger partial charge in [0.05, 0.1) is 17.3 Å². The lowest BCUT2D eigenvalue weighted by atomic mass is 10.2. The summed E-state index contributed by atoms with van der Waals surface area (Å²) in [6.07, 6.45) is 3.12. The number of rotatable bonds is 4. The van der Waals surface area contributed by atoms with Crippen molar-refractivity contribution in [1.82, 2.24) is 9.78 Å². The molecule has 2 aromatic carbocycles. The van der Waals surface area contributed by atoms with Gasteiger partial charge < -0.3 is 10.1 Å². The second-order valence-electron chi connectivity index (χ2n) is 5.28. The van der Waals surface area contributed by atoms with E-state index in [9.17, 15) is 9.59 Å². The lowest BCUT2D eigenvalue weighted by Crippen LogP contribution is -2.11. The zero-order chi connectivity index (χ0) is 17.8. The Labute approximate surface area is 157 Å². The van der Waals surface area contributed by atoms with E-state index in [1.807, 2.05) is 6.07 Å². The van der Waals surface area contributed by atoms with Crippen LogP contribution in [-0.2, 0) is 7.05 Å². The van der Waals surface area contributed by atoms with Crippen LogP contribution >= 0.6 is 22.6 Å². The number of ether oxygens (including phenoxy) is 1. The lowest BCUT2D eigenvalue weighted by molar-refractivity contribution is 0.0734. The monoisotopic (exact) mass is 447 g/mol. The van der Waals surface area contributed by atoms with Crippen LogP contribution in [0.25, 0.3) is 0 Å². The number of hydrogen-bond donors (Lipinski definition) is 1. The third kappa shape index (κ3) is 4.44. The van der Waals surface area contributed by atoms with Gasteiger partial charge in [-0.25, -0.2) is 4.79 Å². The smallest absolute Gasteiger partial charge is 0.343 e. The number of amides is 1. The van der Waals surface area contributed by atoms with E-state index in [4.69, 9.17) is 4.74 Å². The van der Waals surface area contributed by atoms with Crippen molar-refractivity contribution < 1.29 is 14.3 Å². The Morgan fingerprint density at radius 2 is 1.88 bits per heavy atom. The molecule has 3 aromatic rings. The molecule has 0 fully saturated rings. The first-order chi connectivity index (χ1) is 12.0. The van der Waals surface area contributed by atoms with Crippen molar-refractivity contribution in [3.63, 3.8) is 0 Å². The molecular weight excluding hydrogens is 433 g/mol. The van der Waals surface area contributed by atoms with Crippen molar-refractivity contribution in [2.75, 3.05) is 5.32 Å². The van der Waals surface area contributed by atoms with Crippen LogP contribution in [0.5, 0.6) is 5.75 Å². The molecule has 0 saturated carbocycles. The van der Waals surface area contributed by atoms with Gasteiger partial charge in [-0.3, -0.25) is 9.48 Å². The van der Waals surface area contributed by atoms with Gasteiger partial charge in [-0.1, -0.05) is 6.07 Å². The van der Waals surface area contributed by atoms with Crippen LogP contribution in [0.15, 0.2) is 60.9 Å². The Kier molecular flexibility index (Phi) is 5.13. The minimum Gasteiger partial charge on any atom is -0.423 e. The van der Waals surface area contributed by atoms with Gasteiger partial charge >= 0.3 is 5.97 Å². The van der Waals surface area contributed by atoms with E-state index in [0.29, 0.717) is 22.6 Å². The molecule has 126 valence electrons. The molecule has 0 aliphatic rings. The number of halogens is 1. The Bertz CT molecular complexity index is 919. The molecule has 25 heavy (non-hydrogen) atoms. The first-order valence-electron chi connectivity index (χ1n) is 7.39. The van der Waals surface area contributed by atoms with Gasteiger partial charge in [0.2, 0.25) is 0 Å². The van der Waals surface area contributed by atoms with Crippen molar-refractivity contribution >= 4 is 40.2 Å². The molecule has 6 nitrogen and oxygen atoms in total. The van der Waals surface area contributed by atoms with Crippen LogP contribution in [-0.4, -0.2) is 21.7 Å². The summed E-state index contributed by atoms with van der Waals surface area (Å²) in [6.45, 7) is 0. The second kappa shape index (κ2) is 7.47. The SMILES string of the molecule is Cn1cc(C(=O)Nc2ccc(OC(=O)c3cccc(I)c3)cc2)cn1. The number of benzene rings is 2. The number of aromatic nitrogens is 2. The summed E-state index contributed by atoms with van der Waals surface area (Å²) in [5.74, 6) is -0.273. The van der Waals surface area contributed by atoms with Gasteiger partial charge in [-0.05, 0) is 65.1 Å². The normalized spacial score (nSPS) is 10.3. The molecule has 0 unspecified atom stereocenters. The fourth-order valence-corrected chi connectivity index (χ4v) is 2.67. The van der Waals surface area contributed by atoms with E-state index in [0.717, 1.165) is 3.57 Å². The molecule has 3 rings (SSSR count). The minimum atomic E-state index is -0.425. The Balaban J connectivity index is 1.64. The number of anilines is 1. The average molecular weight is 447 g/mol. The molecular formula is C18H14IN3O3. The maximum atomic E-state index is 12.1. The molecule has 1 heterocycles. The predicted molar refractivity (Wildman–Crippen MR) is 102 cm³/mol. The second-order valence-corrected chi connectivity index (χ2v) is 6.53. The predicted octanol–water partition coefficient (Wildman–Crippen LogP) is 3.50. The van der Waals surface area contributed by atoms with Gasteiger partial charge in [0.15, 0.2) is 0 Å². The quantitative estimate of drug-likeness (QED) is 0.378. The fraction of sp³-hybridized carbons (Fsp3) is 0.0556. The van der Waals surface area contributed by atoms with E-state index in [-0.39, 0.29) is 5.91 Å². The van der Waals surface area contributed by atoms with Gasteiger partial charge in [0, 0.05) is 22.5 Å². The van der Waals surface area contributed by atoms with Crippen LogP contribution in [0.1, 0.15) is 20.7 Å². The lowest BCUT2D eigenvalue weighted by Gasteiger charge is -2.07. The van der Waals surface area contributed by atoms with Crippen molar-refractivity contribution in [3.05, 3.63) is 75.6 Å². The maximum Gasteiger partial charge on any atom is 0.343 e. The number of aryl methyl sites for hydroxylation is 1. The molecule has 0 spiro atoms. The van der Waals surface area contributed by atoms with Crippen molar-refractivity contribution in [3.8, 4) is 5.75 Å². The highest BCUT2D eigenvalue weighted by Gasteiger charge is 2.10. The number of nitrogens with zero attached hydrogens (tertiary/aromatic N) is 2. The summed E-state index contributed by atoms with van der Waals surface area (Å²) < 4.78 is 7.85. The highest BCUT2D eigenvalue weighted by molar-refractivity contribution is 14.1. The molecule has 0 atom stereocenters. The summed E-state index contributed by atoms with van der Waals surface area (Å²) in [5.41, 5.74) is 1.56. The molecule has 0 radical (unpaired) electrons. The van der Waals surface area contributed by atoms with E-state index < -0.39 is 5.97 Å². The van der Waals surface area contributed by atoms with Crippen LogP contribution in [0.2, 0.25) is 0 Å². The molecule has 0 aliphatic carbocycles. The highest BCUT2D eigenvalue weighted by atomic mass is 127. The Morgan fingerprint density at radius 3 is 2.52 bits per heavy atom. The van der Waals surface area contributed by atoms with Gasteiger partial charge in [-0.15, -0.1) is 0 Å². The van der Waals surface area contributed by atoms with Crippen molar-refractivity contribution in [1.29, 1.82) is 0 Å². The molecule has 1 aromatic heterocycles. The fourth-order valence-electron chi connectivity index (χ4n) is 2.13. The topological polar surface area (TPSA) is 73.2 Å². The van der Waals surface area contributed by atoms with Gasteiger partial charge in [0.25, 0.3) is 5.91 Å². The van der Waals surface area contributed by atoms with Crippen LogP contribution < -0.4 is 10.1 Å². The summed E-state index contributed by atoms with van der Waals surface area (Å²) in [7, 11) is 1.74. The van der Waals surface area contributed by atoms with Crippen LogP contribution in [0, 0.1) is 3.57 Å². The van der Waals surface area contributed by atoms with Crippen LogP contribution in [0.3, 0.4) is 0 Å². The molecule has 7 heteroatoms. The number of nitrogens with one attached hydrogen (secondary N) is 1. The standard InChI is InChI=1S/C18H14IN3O3/c1-22-11-13(10-20-22)17(23)21-15-5-7-16(8-6-15)25-18(24)12-3-2-4-14(19)9-12/h2-11H,1H3,(H,21,23). The van der Waals surface area contributed by atoms with E-state index in [2.05, 4.69) is 33.0 Å². The minimum absolute atomic E-state index is 0.253. The first-order valence-corrected chi connectivity index (χ1v) is 8.47. The summed E-state index contributed by atoms with van der Waals surface area (Å²) in [4.78, 5) is 24.2. The van der Waals surface area contributed by atoms with E-state index >= 15 is 0 Å². The highest BCUT2D eigenvalue weighted by Crippen LogP contribution is 2.18. The van der Waals surface area contributed by atoms with Gasteiger partial charge in [0.1, 0.15) is 5.75 Å². The van der Waals surface area contributed by atoms with Crippen LogP contribution in [0.4, 0.5) is 5.69 Å². The molecule has 0 aliphatic heterocycles. The molecule has 0 bridgehead atoms. The van der Waals surface area contributed by atoms with E-state index in [1.54, 1.807) is 60.4 Å². The van der Waals surface area contributed by atoms with E-state index in [1.165, 1.54) is 6.20 Å². The van der Waals surface area contributed by atoms with Crippen molar-refractivity contribution in [2.45, 2.75) is 0 Å². The zero-order valence-corrected chi connectivity index (χ0v) is 15.4. The summed E-state index contributed by atoms with van der Waals surface area (Å²) in [6, 6.07) is 13.8. The summed E-state index contributed by atoms with van der Waals surface area (Å²) in [5, 5.41) is 6.72. The maximum absolute atomic E-state index is 12.1. The first kappa shape index (κ1) is 17.2. The summed E-state index contributed by atoms with van der Waals surface area (Å²) >= 11 is 2.14. The molecule has 0 saturated heterocycles. The largest absolute Gasteiger partial charge is 0.423 e. The number of carbonyl (C=O) groups is 2. The third-order valence-electron chi connectivity index (χ3n) is 3.35. The number of hydrogen-bond acceptors (Lipinski definition) is 4. The average Bonchev–Trinajstić information content (AvgIpc) is 3.03. The van der Waals surface area contributed by atoms with Gasteiger partial charge in [-0.2, -0.15) is 5.10 Å². The Hall–Kier alpha value is -2.68. The van der Waals surface area contributed by atoms with Crippen molar-refractivity contribution in [2.24, 2.45) is 7.05 Å². The number of carbonyl (C=O) groups excluding carboxylic acids is 2. The number of esters is 1. The Morgan fingerprint density at radius 1 is 1.12 bits per heavy atom. The third-order valence-corrected chi connectivity index (χ3v) is 4.02. The molecule has 1 N–H and O–H groups in total. The zero-order valence-electron chi connectivity index (χ0n) is 13.3.